The zero-order valence-electron chi connectivity index (χ0n) is 10.3. The van der Waals surface area contributed by atoms with Crippen LogP contribution in [0.3, 0.4) is 0 Å². The summed E-state index contributed by atoms with van der Waals surface area (Å²) in [5, 5.41) is 11.9. The topological polar surface area (TPSA) is 66.4 Å². The molecule has 1 amide bonds. The number of carbonyl (C=O) groups is 2. The predicted octanol–water partition coefficient (Wildman–Crippen LogP) is 2.53. The minimum Gasteiger partial charge on any atom is -0.481 e. The van der Waals surface area contributed by atoms with E-state index in [0.717, 1.165) is 4.47 Å². The number of carboxylic acids is 1. The Bertz CT molecular complexity index is 428. The van der Waals surface area contributed by atoms with Crippen LogP contribution < -0.4 is 5.32 Å². The fourth-order valence-corrected chi connectivity index (χ4v) is 1.87. The molecular weight excluding hydrogens is 298 g/mol. The normalized spacial score (nSPS) is 12.2. The van der Waals surface area contributed by atoms with Gasteiger partial charge >= 0.3 is 5.97 Å². The molecule has 0 heterocycles. The van der Waals surface area contributed by atoms with Gasteiger partial charge in [-0.3, -0.25) is 9.59 Å². The summed E-state index contributed by atoms with van der Waals surface area (Å²) in [4.78, 5) is 22.8. The molecule has 0 aliphatic carbocycles. The third-order valence-corrected chi connectivity index (χ3v) is 2.94. The summed E-state index contributed by atoms with van der Waals surface area (Å²) in [5.74, 6) is -2.05. The van der Waals surface area contributed by atoms with Crippen molar-refractivity contribution in [2.45, 2.75) is 32.2 Å². The van der Waals surface area contributed by atoms with E-state index in [9.17, 15) is 14.7 Å². The van der Waals surface area contributed by atoms with Crippen molar-refractivity contribution in [1.82, 2.24) is 5.32 Å². The first kappa shape index (κ1) is 14.7. The Morgan fingerprint density at radius 3 is 2.28 bits per heavy atom. The first-order chi connectivity index (χ1) is 8.40. The van der Waals surface area contributed by atoms with Gasteiger partial charge in [0.2, 0.25) is 5.91 Å². The van der Waals surface area contributed by atoms with Crippen LogP contribution in [-0.4, -0.2) is 23.0 Å². The van der Waals surface area contributed by atoms with E-state index in [1.54, 1.807) is 24.3 Å². The molecule has 0 radical (unpaired) electrons. The van der Waals surface area contributed by atoms with E-state index in [1.165, 1.54) is 0 Å². The molecule has 0 saturated heterocycles. The summed E-state index contributed by atoms with van der Waals surface area (Å²) in [7, 11) is 0. The molecule has 1 aromatic carbocycles. The van der Waals surface area contributed by atoms with Crippen molar-refractivity contribution in [3.63, 3.8) is 0 Å². The molecule has 0 bridgehead atoms. The lowest BCUT2D eigenvalue weighted by molar-refractivity contribution is -0.140. The van der Waals surface area contributed by atoms with Crippen LogP contribution in [0, 0.1) is 0 Å². The van der Waals surface area contributed by atoms with Gasteiger partial charge in [0.1, 0.15) is 0 Å². The quantitative estimate of drug-likeness (QED) is 0.878. The van der Waals surface area contributed by atoms with Crippen molar-refractivity contribution < 1.29 is 14.7 Å². The monoisotopic (exact) mass is 313 g/mol. The smallest absolute Gasteiger partial charge is 0.311 e. The first-order valence-corrected chi connectivity index (χ1v) is 6.47. The van der Waals surface area contributed by atoms with Crippen LogP contribution in [0.25, 0.3) is 0 Å². The molecule has 0 aliphatic rings. The van der Waals surface area contributed by atoms with Crippen LogP contribution in [0.15, 0.2) is 28.7 Å². The summed E-state index contributed by atoms with van der Waals surface area (Å²) in [5.41, 5.74) is 0.629. The van der Waals surface area contributed by atoms with Gasteiger partial charge in [-0.05, 0) is 31.5 Å². The van der Waals surface area contributed by atoms with Crippen LogP contribution in [0.1, 0.15) is 31.7 Å². The number of carboxylic acid groups (broad SMARTS) is 1. The van der Waals surface area contributed by atoms with E-state index in [-0.39, 0.29) is 18.4 Å². The highest BCUT2D eigenvalue weighted by atomic mass is 79.9. The zero-order chi connectivity index (χ0) is 13.7. The maximum Gasteiger partial charge on any atom is 0.311 e. The van der Waals surface area contributed by atoms with Crippen LogP contribution in [0.5, 0.6) is 0 Å². The van der Waals surface area contributed by atoms with Gasteiger partial charge in [0.15, 0.2) is 0 Å². The van der Waals surface area contributed by atoms with Crippen LogP contribution in [0.4, 0.5) is 0 Å². The summed E-state index contributed by atoms with van der Waals surface area (Å²) in [6, 6.07) is 6.98. The van der Waals surface area contributed by atoms with Crippen molar-refractivity contribution in [3.05, 3.63) is 34.3 Å². The number of amides is 1. The molecule has 0 spiro atoms. The molecular formula is C13H16BrNO3. The largest absolute Gasteiger partial charge is 0.481 e. The third kappa shape index (κ3) is 4.49. The lowest BCUT2D eigenvalue weighted by Gasteiger charge is -2.14. The van der Waals surface area contributed by atoms with Crippen molar-refractivity contribution in [3.8, 4) is 0 Å². The van der Waals surface area contributed by atoms with E-state index in [2.05, 4.69) is 21.2 Å². The Balaban J connectivity index is 2.80. The second kappa shape index (κ2) is 6.54. The van der Waals surface area contributed by atoms with Gasteiger partial charge in [0.05, 0.1) is 5.92 Å². The minimum atomic E-state index is -0.990. The van der Waals surface area contributed by atoms with Crippen LogP contribution in [0.2, 0.25) is 0 Å². The highest BCUT2D eigenvalue weighted by Gasteiger charge is 2.23. The zero-order valence-corrected chi connectivity index (χ0v) is 11.9. The third-order valence-electron chi connectivity index (χ3n) is 2.41. The minimum absolute atomic E-state index is 0.0110. The number of hydrogen-bond acceptors (Lipinski definition) is 2. The fourth-order valence-electron chi connectivity index (χ4n) is 1.61. The van der Waals surface area contributed by atoms with Crippen LogP contribution in [-0.2, 0) is 9.59 Å². The molecule has 5 heteroatoms. The fraction of sp³-hybridized carbons (Fsp3) is 0.385. The maximum absolute atomic E-state index is 11.6. The number of benzene rings is 1. The Morgan fingerprint density at radius 2 is 1.83 bits per heavy atom. The van der Waals surface area contributed by atoms with Crippen molar-refractivity contribution >= 4 is 27.8 Å². The number of carbonyl (C=O) groups excluding carboxylic acids is 1. The molecule has 1 unspecified atom stereocenters. The van der Waals surface area contributed by atoms with Crippen molar-refractivity contribution in [2.24, 2.45) is 0 Å². The van der Waals surface area contributed by atoms with E-state index in [0.29, 0.717) is 5.56 Å². The van der Waals surface area contributed by atoms with Gasteiger partial charge in [-0.1, -0.05) is 28.1 Å². The van der Waals surface area contributed by atoms with E-state index < -0.39 is 11.9 Å². The molecule has 0 fully saturated rings. The molecule has 4 nitrogen and oxygen atoms in total. The second-order valence-corrected chi connectivity index (χ2v) is 5.28. The van der Waals surface area contributed by atoms with Gasteiger partial charge in [-0.15, -0.1) is 0 Å². The summed E-state index contributed by atoms with van der Waals surface area (Å²) < 4.78 is 0.877. The summed E-state index contributed by atoms with van der Waals surface area (Å²) in [6.07, 6.45) is -0.0465. The lowest BCUT2D eigenvalue weighted by Crippen LogP contribution is -2.32. The molecule has 1 atom stereocenters. The predicted molar refractivity (Wildman–Crippen MR) is 72.4 cm³/mol. The van der Waals surface area contributed by atoms with Gasteiger partial charge in [0.25, 0.3) is 0 Å². The Hall–Kier alpha value is -1.36. The van der Waals surface area contributed by atoms with E-state index >= 15 is 0 Å². The molecule has 0 aliphatic heterocycles. The van der Waals surface area contributed by atoms with Gasteiger partial charge < -0.3 is 10.4 Å². The molecule has 0 saturated carbocycles. The Kier molecular flexibility index (Phi) is 5.34. The van der Waals surface area contributed by atoms with Gasteiger partial charge in [-0.2, -0.15) is 0 Å². The number of nitrogens with one attached hydrogen (secondary N) is 1. The second-order valence-electron chi connectivity index (χ2n) is 4.37. The molecule has 1 rings (SSSR count). The number of rotatable bonds is 5. The van der Waals surface area contributed by atoms with E-state index in [4.69, 9.17) is 0 Å². The highest BCUT2D eigenvalue weighted by molar-refractivity contribution is 9.10. The number of hydrogen-bond donors (Lipinski definition) is 2. The number of halogens is 1. The lowest BCUT2D eigenvalue weighted by atomic mass is 9.95. The van der Waals surface area contributed by atoms with Gasteiger partial charge in [-0.25, -0.2) is 0 Å². The first-order valence-electron chi connectivity index (χ1n) is 5.67. The summed E-state index contributed by atoms with van der Waals surface area (Å²) in [6.45, 7) is 3.68. The molecule has 2 N–H and O–H groups in total. The molecule has 18 heavy (non-hydrogen) atoms. The SMILES string of the molecule is CC(C)NC(=O)CC(C(=O)O)c1ccc(Br)cc1. The average Bonchev–Trinajstić information content (AvgIpc) is 2.26. The van der Waals surface area contributed by atoms with Crippen molar-refractivity contribution in [1.29, 1.82) is 0 Å². The molecule has 0 aromatic heterocycles. The molecule has 98 valence electrons. The Morgan fingerprint density at radius 1 is 1.28 bits per heavy atom. The number of aliphatic carboxylic acids is 1. The van der Waals surface area contributed by atoms with Crippen molar-refractivity contribution in [2.75, 3.05) is 0 Å². The standard InChI is InChI=1S/C13H16BrNO3/c1-8(2)15-12(16)7-11(13(17)18)9-3-5-10(14)6-4-9/h3-6,8,11H,7H2,1-2H3,(H,15,16)(H,17,18). The maximum atomic E-state index is 11.6. The Labute approximate surface area is 115 Å². The van der Waals surface area contributed by atoms with Gasteiger partial charge in [0, 0.05) is 16.9 Å². The van der Waals surface area contributed by atoms with E-state index in [1.807, 2.05) is 13.8 Å². The van der Waals surface area contributed by atoms with Crippen LogP contribution >= 0.6 is 15.9 Å². The summed E-state index contributed by atoms with van der Waals surface area (Å²) >= 11 is 3.29. The highest BCUT2D eigenvalue weighted by Crippen LogP contribution is 2.22. The average molecular weight is 314 g/mol. The molecule has 1 aromatic rings.